The fraction of sp³-hybridized carbons (Fsp3) is 0.0870. The van der Waals surface area contributed by atoms with E-state index in [9.17, 15) is 23.6 Å². The van der Waals surface area contributed by atoms with Gasteiger partial charge in [0.05, 0.1) is 22.9 Å². The molecule has 0 unspecified atom stereocenters. The summed E-state index contributed by atoms with van der Waals surface area (Å²) in [6, 6.07) is 18.1. The number of carbonyl (C=O) groups is 2. The SMILES string of the molecule is C[C@@H](OC(=O)c1ccccc1-c1ccccc1C#N)C(=O)Nc1ccc(F)cc1F. The van der Waals surface area contributed by atoms with Gasteiger partial charge in [0, 0.05) is 11.6 Å². The molecule has 0 radical (unpaired) electrons. The fourth-order valence-corrected chi connectivity index (χ4v) is 2.81. The molecule has 0 aromatic heterocycles. The minimum Gasteiger partial charge on any atom is -0.449 e. The summed E-state index contributed by atoms with van der Waals surface area (Å²) in [4.78, 5) is 25.0. The zero-order valence-corrected chi connectivity index (χ0v) is 15.9. The number of carbonyl (C=O) groups excluding carboxylic acids is 2. The second-order valence-electron chi connectivity index (χ2n) is 6.36. The number of nitrogens with one attached hydrogen (secondary N) is 1. The number of anilines is 1. The van der Waals surface area contributed by atoms with E-state index in [2.05, 4.69) is 11.4 Å². The standard InChI is InChI=1S/C23H16F2N2O3/c1-14(22(28)27-21-11-10-16(24)12-20(21)25)30-23(29)19-9-5-4-8-18(19)17-7-3-2-6-15(17)13-26/h2-12,14H,1H3,(H,27,28)/t14-/m1/s1. The van der Waals surface area contributed by atoms with Gasteiger partial charge in [-0.05, 0) is 36.8 Å². The third kappa shape index (κ3) is 4.50. The number of amides is 1. The molecule has 1 N–H and O–H groups in total. The maximum Gasteiger partial charge on any atom is 0.339 e. The van der Waals surface area contributed by atoms with Crippen molar-refractivity contribution in [3.8, 4) is 17.2 Å². The molecule has 0 aliphatic carbocycles. The second kappa shape index (κ2) is 8.97. The zero-order valence-electron chi connectivity index (χ0n) is 15.9. The highest BCUT2D eigenvalue weighted by atomic mass is 19.1. The van der Waals surface area contributed by atoms with E-state index >= 15 is 0 Å². The molecule has 0 aliphatic rings. The van der Waals surface area contributed by atoms with E-state index in [1.54, 1.807) is 42.5 Å². The van der Waals surface area contributed by atoms with Gasteiger partial charge in [-0.1, -0.05) is 36.4 Å². The molecule has 0 saturated heterocycles. The van der Waals surface area contributed by atoms with Crippen LogP contribution in [0.1, 0.15) is 22.8 Å². The summed E-state index contributed by atoms with van der Waals surface area (Å²) in [5, 5.41) is 11.6. The lowest BCUT2D eigenvalue weighted by Crippen LogP contribution is -2.30. The highest BCUT2D eigenvalue weighted by Gasteiger charge is 2.22. The van der Waals surface area contributed by atoms with Crippen molar-refractivity contribution in [2.24, 2.45) is 0 Å². The Kier molecular flexibility index (Phi) is 6.18. The summed E-state index contributed by atoms with van der Waals surface area (Å²) >= 11 is 0. The minimum absolute atomic E-state index is 0.174. The Labute approximate surface area is 171 Å². The quantitative estimate of drug-likeness (QED) is 0.624. The van der Waals surface area contributed by atoms with Crippen LogP contribution in [0.4, 0.5) is 14.5 Å². The van der Waals surface area contributed by atoms with E-state index < -0.39 is 29.6 Å². The summed E-state index contributed by atoms with van der Waals surface area (Å²) in [6.07, 6.45) is -1.25. The molecule has 0 spiro atoms. The van der Waals surface area contributed by atoms with E-state index in [0.717, 1.165) is 12.1 Å². The lowest BCUT2D eigenvalue weighted by molar-refractivity contribution is -0.123. The lowest BCUT2D eigenvalue weighted by atomic mass is 9.96. The molecule has 3 aromatic rings. The van der Waals surface area contributed by atoms with Crippen LogP contribution in [0.15, 0.2) is 66.7 Å². The van der Waals surface area contributed by atoms with Crippen molar-refractivity contribution in [3.63, 3.8) is 0 Å². The number of nitrogens with zero attached hydrogens (tertiary/aromatic N) is 1. The number of ether oxygens (including phenoxy) is 1. The third-order valence-corrected chi connectivity index (χ3v) is 4.33. The van der Waals surface area contributed by atoms with E-state index in [1.165, 1.54) is 13.0 Å². The van der Waals surface area contributed by atoms with Crippen molar-refractivity contribution in [1.82, 2.24) is 0 Å². The van der Waals surface area contributed by atoms with Gasteiger partial charge in [0.15, 0.2) is 6.10 Å². The number of hydrogen-bond donors (Lipinski definition) is 1. The summed E-state index contributed by atoms with van der Waals surface area (Å²) in [7, 11) is 0. The highest BCUT2D eigenvalue weighted by Crippen LogP contribution is 2.27. The molecule has 30 heavy (non-hydrogen) atoms. The van der Waals surface area contributed by atoms with Gasteiger partial charge in [0.1, 0.15) is 11.6 Å². The van der Waals surface area contributed by atoms with Crippen LogP contribution in [0.3, 0.4) is 0 Å². The largest absolute Gasteiger partial charge is 0.449 e. The van der Waals surface area contributed by atoms with E-state index in [-0.39, 0.29) is 11.3 Å². The molecule has 0 fully saturated rings. The molecule has 1 amide bonds. The number of benzene rings is 3. The Morgan fingerprint density at radius 1 is 1.00 bits per heavy atom. The first-order chi connectivity index (χ1) is 14.4. The molecule has 0 saturated carbocycles. The molecule has 3 rings (SSSR count). The molecule has 3 aromatic carbocycles. The monoisotopic (exact) mass is 406 g/mol. The highest BCUT2D eigenvalue weighted by molar-refractivity contribution is 6.01. The van der Waals surface area contributed by atoms with Crippen molar-refractivity contribution in [1.29, 1.82) is 5.26 Å². The van der Waals surface area contributed by atoms with Crippen LogP contribution in [0.25, 0.3) is 11.1 Å². The molecule has 7 heteroatoms. The number of hydrogen-bond acceptors (Lipinski definition) is 4. The van der Waals surface area contributed by atoms with Crippen LogP contribution in [0.2, 0.25) is 0 Å². The van der Waals surface area contributed by atoms with Crippen LogP contribution in [-0.2, 0) is 9.53 Å². The molecule has 0 aliphatic heterocycles. The van der Waals surface area contributed by atoms with E-state index in [0.29, 0.717) is 22.8 Å². The summed E-state index contributed by atoms with van der Waals surface area (Å²) in [6.45, 7) is 1.33. The van der Waals surface area contributed by atoms with Crippen molar-refractivity contribution in [2.45, 2.75) is 13.0 Å². The fourth-order valence-electron chi connectivity index (χ4n) is 2.81. The first-order valence-electron chi connectivity index (χ1n) is 8.96. The Balaban J connectivity index is 1.79. The maximum absolute atomic E-state index is 13.7. The summed E-state index contributed by atoms with van der Waals surface area (Å²) < 4.78 is 32.0. The van der Waals surface area contributed by atoms with Crippen LogP contribution >= 0.6 is 0 Å². The van der Waals surface area contributed by atoms with Crippen LogP contribution in [0.5, 0.6) is 0 Å². The van der Waals surface area contributed by atoms with Crippen LogP contribution < -0.4 is 5.32 Å². The van der Waals surface area contributed by atoms with Crippen LogP contribution in [0, 0.1) is 23.0 Å². The molecule has 0 bridgehead atoms. The smallest absolute Gasteiger partial charge is 0.339 e. The third-order valence-electron chi connectivity index (χ3n) is 4.33. The van der Waals surface area contributed by atoms with Crippen molar-refractivity contribution >= 4 is 17.6 Å². The first kappa shape index (κ1) is 20.7. The molecule has 0 heterocycles. The van der Waals surface area contributed by atoms with Gasteiger partial charge in [-0.15, -0.1) is 0 Å². The Bertz CT molecular complexity index is 1160. The average Bonchev–Trinajstić information content (AvgIpc) is 2.75. The molecule has 150 valence electrons. The molecular formula is C23H16F2N2O3. The van der Waals surface area contributed by atoms with Gasteiger partial charge in [-0.3, -0.25) is 4.79 Å². The van der Waals surface area contributed by atoms with Crippen molar-refractivity contribution < 1.29 is 23.1 Å². The number of esters is 1. The van der Waals surface area contributed by atoms with Gasteiger partial charge in [-0.2, -0.15) is 5.26 Å². The van der Waals surface area contributed by atoms with Crippen molar-refractivity contribution in [3.05, 3.63) is 89.5 Å². The van der Waals surface area contributed by atoms with Gasteiger partial charge >= 0.3 is 5.97 Å². The Hall–Kier alpha value is -4.05. The first-order valence-corrected chi connectivity index (χ1v) is 8.96. The predicted molar refractivity (Wildman–Crippen MR) is 106 cm³/mol. The maximum atomic E-state index is 13.7. The topological polar surface area (TPSA) is 79.2 Å². The second-order valence-corrected chi connectivity index (χ2v) is 6.36. The number of halogens is 2. The van der Waals surface area contributed by atoms with E-state index in [4.69, 9.17) is 4.74 Å². The number of rotatable bonds is 5. The van der Waals surface area contributed by atoms with Gasteiger partial charge in [-0.25, -0.2) is 13.6 Å². The molecule has 5 nitrogen and oxygen atoms in total. The molecule has 1 atom stereocenters. The number of nitriles is 1. The molecular weight excluding hydrogens is 390 g/mol. The van der Waals surface area contributed by atoms with Gasteiger partial charge in [0.2, 0.25) is 0 Å². The van der Waals surface area contributed by atoms with Crippen LogP contribution in [-0.4, -0.2) is 18.0 Å². The Morgan fingerprint density at radius 3 is 2.37 bits per heavy atom. The zero-order chi connectivity index (χ0) is 21.7. The summed E-state index contributed by atoms with van der Waals surface area (Å²) in [5.41, 5.74) is 1.37. The summed E-state index contributed by atoms with van der Waals surface area (Å²) in [5.74, 6) is -3.27. The van der Waals surface area contributed by atoms with Gasteiger partial charge < -0.3 is 10.1 Å². The van der Waals surface area contributed by atoms with Crippen molar-refractivity contribution in [2.75, 3.05) is 5.32 Å². The average molecular weight is 406 g/mol. The Morgan fingerprint density at radius 2 is 1.67 bits per heavy atom. The lowest BCUT2D eigenvalue weighted by Gasteiger charge is -2.16. The predicted octanol–water partition coefficient (Wildman–Crippen LogP) is 4.69. The van der Waals surface area contributed by atoms with Gasteiger partial charge in [0.25, 0.3) is 5.91 Å². The minimum atomic E-state index is -1.25. The van der Waals surface area contributed by atoms with E-state index in [1.807, 2.05) is 0 Å². The normalized spacial score (nSPS) is 11.3.